The number of hydrogen-bond acceptors (Lipinski definition) is 2. The number of unbranched alkanes of at least 4 members (excludes halogenated alkanes) is 1. The minimum Gasteiger partial charge on any atom is -0.326 e. The van der Waals surface area contributed by atoms with Gasteiger partial charge in [-0.15, -0.1) is 0 Å². The molecular weight excluding hydrogens is 224 g/mol. The molecule has 1 aliphatic heterocycles. The van der Waals surface area contributed by atoms with Crippen molar-refractivity contribution in [1.29, 1.82) is 0 Å². The maximum atomic E-state index is 12.4. The fourth-order valence-electron chi connectivity index (χ4n) is 3.26. The summed E-state index contributed by atoms with van der Waals surface area (Å²) in [7, 11) is 0. The Morgan fingerprint density at radius 2 is 1.83 bits per heavy atom. The monoisotopic (exact) mass is 252 g/mol. The van der Waals surface area contributed by atoms with Gasteiger partial charge in [0.2, 0.25) is 5.91 Å². The lowest BCUT2D eigenvalue weighted by atomic mass is 9.95. The van der Waals surface area contributed by atoms with Crippen molar-refractivity contribution in [2.24, 2.45) is 0 Å². The summed E-state index contributed by atoms with van der Waals surface area (Å²) < 4.78 is 0. The zero-order chi connectivity index (χ0) is 12.8. The largest absolute Gasteiger partial charge is 0.326 e. The highest BCUT2D eigenvalue weighted by atomic mass is 16.2. The first-order valence-electron chi connectivity index (χ1n) is 7.86. The van der Waals surface area contributed by atoms with Gasteiger partial charge in [0.05, 0.1) is 12.7 Å². The molecule has 0 radical (unpaired) electrons. The zero-order valence-electron chi connectivity index (χ0n) is 11.8. The second kappa shape index (κ2) is 7.13. The molecule has 1 unspecified atom stereocenters. The Bertz CT molecular complexity index is 259. The van der Waals surface area contributed by atoms with Crippen molar-refractivity contribution in [2.45, 2.75) is 83.2 Å². The van der Waals surface area contributed by atoms with E-state index in [0.29, 0.717) is 11.9 Å². The molecule has 3 heteroatoms. The summed E-state index contributed by atoms with van der Waals surface area (Å²) in [5.74, 6) is 0.369. The van der Waals surface area contributed by atoms with Gasteiger partial charge < -0.3 is 4.90 Å². The molecule has 2 rings (SSSR count). The van der Waals surface area contributed by atoms with E-state index in [1.165, 1.54) is 51.4 Å². The van der Waals surface area contributed by atoms with Gasteiger partial charge >= 0.3 is 0 Å². The highest BCUT2D eigenvalue weighted by molar-refractivity contribution is 5.84. The third kappa shape index (κ3) is 3.47. The number of carbonyl (C=O) groups excluding carboxylic acids is 1. The molecule has 3 nitrogen and oxygen atoms in total. The van der Waals surface area contributed by atoms with Crippen LogP contribution in [-0.4, -0.2) is 29.6 Å². The van der Waals surface area contributed by atoms with Crippen LogP contribution in [0.5, 0.6) is 0 Å². The minimum absolute atomic E-state index is 0.107. The van der Waals surface area contributed by atoms with E-state index in [2.05, 4.69) is 17.1 Å². The molecule has 1 N–H and O–H groups in total. The molecule has 0 aromatic heterocycles. The van der Waals surface area contributed by atoms with Crippen LogP contribution >= 0.6 is 0 Å². The number of nitrogens with zero attached hydrogens (tertiary/aromatic N) is 1. The van der Waals surface area contributed by atoms with Crippen LogP contribution in [0.3, 0.4) is 0 Å². The molecule has 0 spiro atoms. The lowest BCUT2D eigenvalue weighted by molar-refractivity contribution is -0.131. The van der Waals surface area contributed by atoms with Crippen molar-refractivity contribution >= 4 is 5.91 Å². The average molecular weight is 252 g/mol. The summed E-state index contributed by atoms with van der Waals surface area (Å²) in [6, 6.07) is 0.618. The second-order valence-corrected chi connectivity index (χ2v) is 5.86. The van der Waals surface area contributed by atoms with E-state index in [1.807, 2.05) is 0 Å². The Morgan fingerprint density at radius 3 is 2.50 bits per heavy atom. The lowest BCUT2D eigenvalue weighted by Crippen LogP contribution is -2.39. The van der Waals surface area contributed by atoms with Gasteiger partial charge in [0, 0.05) is 6.04 Å². The highest BCUT2D eigenvalue weighted by Gasteiger charge is 2.34. The molecule has 1 saturated carbocycles. The first-order chi connectivity index (χ1) is 8.83. The van der Waals surface area contributed by atoms with E-state index in [4.69, 9.17) is 0 Å². The average Bonchev–Trinajstić information content (AvgIpc) is 2.68. The summed E-state index contributed by atoms with van der Waals surface area (Å²) in [4.78, 5) is 14.5. The molecule has 104 valence electrons. The van der Waals surface area contributed by atoms with E-state index in [-0.39, 0.29) is 6.04 Å². The van der Waals surface area contributed by atoms with E-state index in [0.717, 1.165) is 19.5 Å². The Morgan fingerprint density at radius 1 is 1.17 bits per heavy atom. The van der Waals surface area contributed by atoms with Gasteiger partial charge in [-0.05, 0) is 19.3 Å². The van der Waals surface area contributed by atoms with Gasteiger partial charge in [-0.3, -0.25) is 10.1 Å². The number of hydrogen-bond donors (Lipinski definition) is 1. The molecule has 2 aliphatic rings. The van der Waals surface area contributed by atoms with Crippen LogP contribution in [0.25, 0.3) is 0 Å². The fourth-order valence-corrected chi connectivity index (χ4v) is 3.26. The number of carbonyl (C=O) groups is 1. The summed E-state index contributed by atoms with van der Waals surface area (Å²) >= 11 is 0. The van der Waals surface area contributed by atoms with Crippen LogP contribution in [0.2, 0.25) is 0 Å². The van der Waals surface area contributed by atoms with Crippen LogP contribution < -0.4 is 5.32 Å². The molecule has 1 amide bonds. The molecule has 18 heavy (non-hydrogen) atoms. The first kappa shape index (κ1) is 13.9. The SMILES string of the molecule is CCCCC1NCN(C2CCCCCCC2)C1=O. The number of amides is 1. The van der Waals surface area contributed by atoms with E-state index < -0.39 is 0 Å². The van der Waals surface area contributed by atoms with Gasteiger partial charge in [0.25, 0.3) is 0 Å². The molecule has 0 aromatic rings. The Kier molecular flexibility index (Phi) is 5.48. The Labute approximate surface area is 111 Å². The number of rotatable bonds is 4. The van der Waals surface area contributed by atoms with Crippen LogP contribution in [0, 0.1) is 0 Å². The molecule has 2 fully saturated rings. The molecule has 1 saturated heterocycles. The Balaban J connectivity index is 1.86. The highest BCUT2D eigenvalue weighted by Crippen LogP contribution is 2.24. The van der Waals surface area contributed by atoms with Crippen molar-refractivity contribution in [1.82, 2.24) is 10.2 Å². The van der Waals surface area contributed by atoms with Gasteiger partial charge in [-0.2, -0.15) is 0 Å². The smallest absolute Gasteiger partial charge is 0.241 e. The van der Waals surface area contributed by atoms with E-state index >= 15 is 0 Å². The normalized spacial score (nSPS) is 27.3. The van der Waals surface area contributed by atoms with Gasteiger partial charge in [0.1, 0.15) is 0 Å². The van der Waals surface area contributed by atoms with Crippen molar-refractivity contribution in [3.05, 3.63) is 0 Å². The molecule has 1 atom stereocenters. The molecular formula is C15H28N2O. The van der Waals surface area contributed by atoms with Crippen molar-refractivity contribution in [3.8, 4) is 0 Å². The number of nitrogens with one attached hydrogen (secondary N) is 1. The third-order valence-electron chi connectivity index (χ3n) is 4.45. The minimum atomic E-state index is 0.107. The van der Waals surface area contributed by atoms with E-state index in [1.54, 1.807) is 0 Å². The van der Waals surface area contributed by atoms with Crippen molar-refractivity contribution < 1.29 is 4.79 Å². The lowest BCUT2D eigenvalue weighted by Gasteiger charge is -2.29. The Hall–Kier alpha value is -0.570. The summed E-state index contributed by atoms with van der Waals surface area (Å²) in [6.45, 7) is 2.98. The quantitative estimate of drug-likeness (QED) is 0.834. The summed E-state index contributed by atoms with van der Waals surface area (Å²) in [6.07, 6.45) is 12.5. The van der Waals surface area contributed by atoms with Crippen LogP contribution in [0.1, 0.15) is 71.1 Å². The predicted molar refractivity (Wildman–Crippen MR) is 74.3 cm³/mol. The van der Waals surface area contributed by atoms with Crippen LogP contribution in [-0.2, 0) is 4.79 Å². The first-order valence-corrected chi connectivity index (χ1v) is 7.86. The molecule has 0 aromatic carbocycles. The van der Waals surface area contributed by atoms with Gasteiger partial charge in [-0.1, -0.05) is 51.9 Å². The topological polar surface area (TPSA) is 32.3 Å². The second-order valence-electron chi connectivity index (χ2n) is 5.86. The molecule has 1 aliphatic carbocycles. The summed E-state index contributed by atoms with van der Waals surface area (Å²) in [5, 5.41) is 3.40. The standard InChI is InChI=1S/C15H28N2O/c1-2-3-11-14-15(18)17(12-16-14)13-9-7-5-4-6-8-10-13/h13-14,16H,2-12H2,1H3. The van der Waals surface area contributed by atoms with Crippen molar-refractivity contribution in [3.63, 3.8) is 0 Å². The van der Waals surface area contributed by atoms with Crippen molar-refractivity contribution in [2.75, 3.05) is 6.67 Å². The van der Waals surface area contributed by atoms with Crippen LogP contribution in [0.15, 0.2) is 0 Å². The fraction of sp³-hybridized carbons (Fsp3) is 0.933. The van der Waals surface area contributed by atoms with Gasteiger partial charge in [0.15, 0.2) is 0 Å². The van der Waals surface area contributed by atoms with Gasteiger partial charge in [-0.25, -0.2) is 0 Å². The molecule has 0 bridgehead atoms. The maximum absolute atomic E-state index is 12.4. The zero-order valence-corrected chi connectivity index (χ0v) is 11.8. The maximum Gasteiger partial charge on any atom is 0.241 e. The predicted octanol–water partition coefficient (Wildman–Crippen LogP) is 3.05. The van der Waals surface area contributed by atoms with E-state index in [9.17, 15) is 4.79 Å². The van der Waals surface area contributed by atoms with Crippen LogP contribution in [0.4, 0.5) is 0 Å². The molecule has 1 heterocycles. The third-order valence-corrected chi connectivity index (χ3v) is 4.45. The summed E-state index contributed by atoms with van der Waals surface area (Å²) in [5.41, 5.74) is 0.